The summed E-state index contributed by atoms with van der Waals surface area (Å²) in [5, 5.41) is 38.9. The molecule has 15 heavy (non-hydrogen) atoms. The van der Waals surface area contributed by atoms with Gasteiger partial charge in [0.2, 0.25) is 0 Å². The third kappa shape index (κ3) is 7.53. The van der Waals surface area contributed by atoms with Gasteiger partial charge in [0, 0.05) is 24.8 Å². The van der Waals surface area contributed by atoms with E-state index in [0.717, 1.165) is 0 Å². The molecule has 0 aromatic rings. The van der Waals surface area contributed by atoms with Crippen molar-refractivity contribution in [2.75, 3.05) is 0 Å². The Hall–Kier alpha value is -0.383. The summed E-state index contributed by atoms with van der Waals surface area (Å²) < 4.78 is 0. The first-order valence-corrected chi connectivity index (χ1v) is 3.11. The summed E-state index contributed by atoms with van der Waals surface area (Å²) in [5.74, 6) is -5.98. The van der Waals surface area contributed by atoms with Crippen molar-refractivity contribution in [2.24, 2.45) is 0 Å². The first-order valence-electron chi connectivity index (χ1n) is 3.11. The fraction of sp³-hybridized carbons (Fsp3) is 0.500. The van der Waals surface area contributed by atoms with Crippen LogP contribution in [0.1, 0.15) is 12.8 Å². The number of carbonyl (C=O) groups is 3. The van der Waals surface area contributed by atoms with Gasteiger partial charge in [-0.1, -0.05) is 0 Å². The quantitative estimate of drug-likeness (QED) is 0.499. The van der Waals surface area contributed by atoms with Gasteiger partial charge in [0.15, 0.2) is 0 Å². The fourth-order valence-corrected chi connectivity index (χ4v) is 0.684. The van der Waals surface area contributed by atoms with E-state index in [2.05, 4.69) is 0 Å². The monoisotopic (exact) mass is 317 g/mol. The first-order chi connectivity index (χ1) is 5.78. The molecule has 74 valence electrons. The molecule has 0 aliphatic heterocycles. The maximum atomic E-state index is 10.1. The van der Waals surface area contributed by atoms with Crippen molar-refractivity contribution >= 4 is 17.9 Å². The molecule has 9 heteroatoms. The molecule has 0 radical (unpaired) electrons. The number of carboxylic acids is 3. The summed E-state index contributed by atoms with van der Waals surface area (Å²) in [5.41, 5.74) is -2.97. The van der Waals surface area contributed by atoms with E-state index in [-0.39, 0.29) is 39.0 Å². The molecule has 0 aromatic heterocycles. The number of hydrogen-bond acceptors (Lipinski definition) is 7. The van der Waals surface area contributed by atoms with E-state index in [1.165, 1.54) is 0 Å². The van der Waals surface area contributed by atoms with Gasteiger partial charge < -0.3 is 34.8 Å². The molecule has 0 aromatic carbocycles. The number of aliphatic hydroxyl groups is 1. The van der Waals surface area contributed by atoms with Gasteiger partial charge in [-0.2, -0.15) is 0 Å². The molecule has 0 fully saturated rings. The van der Waals surface area contributed by atoms with Crippen molar-refractivity contribution < 1.29 is 73.8 Å². The molecule has 0 spiro atoms. The number of rotatable bonds is 5. The Morgan fingerprint density at radius 3 is 1.33 bits per heavy atom. The Labute approximate surface area is 110 Å². The predicted octanol–water partition coefficient (Wildman–Crippen LogP) is -5.26. The van der Waals surface area contributed by atoms with Crippen LogP contribution in [0.2, 0.25) is 0 Å². The van der Waals surface area contributed by atoms with Crippen molar-refractivity contribution in [3.8, 4) is 0 Å². The Morgan fingerprint density at radius 1 is 0.933 bits per heavy atom. The summed E-state index contributed by atoms with van der Waals surface area (Å²) in [6.07, 6.45) is -2.72. The normalized spacial score (nSPS) is 9.40. The minimum absolute atomic E-state index is 0. The van der Waals surface area contributed by atoms with Crippen molar-refractivity contribution in [3.05, 3.63) is 0 Å². The second kappa shape index (κ2) is 7.85. The maximum Gasteiger partial charge on any atom is 2.00 e. The molecule has 0 bridgehead atoms. The van der Waals surface area contributed by atoms with Crippen LogP contribution in [0.15, 0.2) is 0 Å². The number of carbonyl (C=O) groups excluding carboxylic acids is 3. The standard InChI is InChI=1S/C6H8O7.2Zn/c7-3(8)1-6(13,5(11)12)2-4(9)10;;/h13H,1-2H2,(H,7,8)(H,9,10)(H,11,12);;/q;2*+2/p-3. The summed E-state index contributed by atoms with van der Waals surface area (Å²) in [4.78, 5) is 30.0. The van der Waals surface area contributed by atoms with Crippen molar-refractivity contribution in [1.29, 1.82) is 0 Å². The van der Waals surface area contributed by atoms with Gasteiger partial charge in [-0.25, -0.2) is 0 Å². The van der Waals surface area contributed by atoms with Gasteiger partial charge >= 0.3 is 39.0 Å². The van der Waals surface area contributed by atoms with Crippen molar-refractivity contribution in [1.82, 2.24) is 0 Å². The van der Waals surface area contributed by atoms with Gasteiger partial charge in [-0.3, -0.25) is 0 Å². The zero-order valence-electron chi connectivity index (χ0n) is 7.73. The van der Waals surface area contributed by atoms with Crippen LogP contribution < -0.4 is 15.3 Å². The van der Waals surface area contributed by atoms with Crippen LogP contribution in [0.4, 0.5) is 0 Å². The van der Waals surface area contributed by atoms with E-state index >= 15 is 0 Å². The molecular weight excluding hydrogens is 315 g/mol. The second-order valence-electron chi connectivity index (χ2n) is 2.42. The van der Waals surface area contributed by atoms with Gasteiger partial charge in [0.1, 0.15) is 5.60 Å². The van der Waals surface area contributed by atoms with Crippen LogP contribution in [-0.4, -0.2) is 28.6 Å². The van der Waals surface area contributed by atoms with E-state index in [1.54, 1.807) is 0 Å². The molecule has 0 unspecified atom stereocenters. The van der Waals surface area contributed by atoms with E-state index in [1.807, 2.05) is 0 Å². The summed E-state index contributed by atoms with van der Waals surface area (Å²) in [7, 11) is 0. The molecular formula is C6H5O7Zn2+. The van der Waals surface area contributed by atoms with E-state index in [0.29, 0.717) is 0 Å². The van der Waals surface area contributed by atoms with Gasteiger partial charge in [0.05, 0.1) is 5.97 Å². The van der Waals surface area contributed by atoms with E-state index in [9.17, 15) is 29.7 Å². The molecule has 0 atom stereocenters. The van der Waals surface area contributed by atoms with Crippen LogP contribution >= 0.6 is 0 Å². The third-order valence-electron chi connectivity index (χ3n) is 1.25. The zero-order valence-corrected chi connectivity index (χ0v) is 13.7. The minimum Gasteiger partial charge on any atom is -0.550 e. The van der Waals surface area contributed by atoms with Gasteiger partial charge in [-0.15, -0.1) is 0 Å². The first kappa shape index (κ1) is 20.1. The molecule has 1 N–H and O–H groups in total. The summed E-state index contributed by atoms with van der Waals surface area (Å²) in [6, 6.07) is 0. The van der Waals surface area contributed by atoms with Crippen LogP contribution in [0.25, 0.3) is 0 Å². The molecule has 0 saturated heterocycles. The van der Waals surface area contributed by atoms with E-state index in [4.69, 9.17) is 5.11 Å². The number of carboxylic acid groups (broad SMARTS) is 3. The average molecular weight is 320 g/mol. The summed E-state index contributed by atoms with van der Waals surface area (Å²) in [6.45, 7) is 0. The Balaban J connectivity index is -0.000000720. The molecule has 0 saturated carbocycles. The average Bonchev–Trinajstić information content (AvgIpc) is 1.82. The smallest absolute Gasteiger partial charge is 0.550 e. The minimum atomic E-state index is -2.97. The SMILES string of the molecule is O=C([O-])CC(O)(CC(=O)[O-])C(=O)[O-].[Zn+2].[Zn+2]. The Morgan fingerprint density at radius 2 is 1.20 bits per heavy atom. The van der Waals surface area contributed by atoms with Crippen LogP contribution in [-0.2, 0) is 53.3 Å². The largest absolute Gasteiger partial charge is 2.00 e. The summed E-state index contributed by atoms with van der Waals surface area (Å²) >= 11 is 0. The Kier molecular flexibility index (Phi) is 10.5. The van der Waals surface area contributed by atoms with Crippen LogP contribution in [0.5, 0.6) is 0 Å². The maximum absolute atomic E-state index is 10.1. The Bertz CT molecular complexity index is 236. The third-order valence-corrected chi connectivity index (χ3v) is 1.25. The van der Waals surface area contributed by atoms with Crippen LogP contribution in [0, 0.1) is 0 Å². The molecule has 0 aliphatic rings. The van der Waals surface area contributed by atoms with Crippen molar-refractivity contribution in [3.63, 3.8) is 0 Å². The molecule has 0 amide bonds. The zero-order chi connectivity index (χ0) is 10.6. The topological polar surface area (TPSA) is 141 Å². The predicted molar refractivity (Wildman–Crippen MR) is 29.2 cm³/mol. The molecule has 0 aliphatic carbocycles. The number of hydrogen-bond donors (Lipinski definition) is 1. The van der Waals surface area contributed by atoms with Gasteiger partial charge in [0.25, 0.3) is 0 Å². The second-order valence-corrected chi connectivity index (χ2v) is 2.42. The fourth-order valence-electron chi connectivity index (χ4n) is 0.684. The molecule has 0 rings (SSSR count). The van der Waals surface area contributed by atoms with Gasteiger partial charge in [-0.05, 0) is 0 Å². The van der Waals surface area contributed by atoms with Crippen molar-refractivity contribution in [2.45, 2.75) is 18.4 Å². The van der Waals surface area contributed by atoms with Crippen LogP contribution in [0.3, 0.4) is 0 Å². The molecule has 0 heterocycles. The number of aliphatic carboxylic acids is 3. The molecule has 7 nitrogen and oxygen atoms in total. The van der Waals surface area contributed by atoms with E-state index < -0.39 is 36.4 Å².